The van der Waals surface area contributed by atoms with Crippen molar-refractivity contribution in [1.82, 2.24) is 15.0 Å². The molecule has 0 aliphatic carbocycles. The molecule has 3 heterocycles. The van der Waals surface area contributed by atoms with Crippen LogP contribution >= 0.6 is 0 Å². The van der Waals surface area contributed by atoms with Crippen molar-refractivity contribution in [3.05, 3.63) is 5.82 Å². The van der Waals surface area contributed by atoms with E-state index < -0.39 is 0 Å². The molecule has 1 atom stereocenters. The molecule has 0 unspecified atom stereocenters. The molecular formula is C16H27N5O2. The summed E-state index contributed by atoms with van der Waals surface area (Å²) in [5.74, 6) is 3.07. The van der Waals surface area contributed by atoms with Gasteiger partial charge in [0.25, 0.3) is 0 Å². The van der Waals surface area contributed by atoms with Crippen molar-refractivity contribution in [2.75, 3.05) is 62.4 Å². The summed E-state index contributed by atoms with van der Waals surface area (Å²) < 4.78 is 10.9. The molecule has 0 N–H and O–H groups in total. The molecule has 0 radical (unpaired) electrons. The van der Waals surface area contributed by atoms with Crippen molar-refractivity contribution < 1.29 is 9.47 Å². The minimum Gasteiger partial charge on any atom is -0.378 e. The van der Waals surface area contributed by atoms with Crippen LogP contribution in [0, 0.1) is 5.92 Å². The van der Waals surface area contributed by atoms with Gasteiger partial charge in [-0.3, -0.25) is 0 Å². The minimum atomic E-state index is 0.576. The fourth-order valence-corrected chi connectivity index (χ4v) is 2.75. The molecule has 2 aliphatic heterocycles. The number of aromatic nitrogens is 3. The maximum Gasteiger partial charge on any atom is 0.230 e. The Morgan fingerprint density at radius 2 is 1.35 bits per heavy atom. The molecule has 0 bridgehead atoms. The van der Waals surface area contributed by atoms with Crippen molar-refractivity contribution in [3.8, 4) is 0 Å². The van der Waals surface area contributed by atoms with Crippen LogP contribution in [0.1, 0.15) is 26.1 Å². The lowest BCUT2D eigenvalue weighted by molar-refractivity contribution is 0.121. The van der Waals surface area contributed by atoms with E-state index in [0.29, 0.717) is 5.92 Å². The lowest BCUT2D eigenvalue weighted by Gasteiger charge is -2.30. The first kappa shape index (κ1) is 16.4. The van der Waals surface area contributed by atoms with Crippen LogP contribution in [0.4, 0.5) is 11.9 Å². The Bertz CT molecular complexity index is 465. The summed E-state index contributed by atoms with van der Waals surface area (Å²) in [6.45, 7) is 10.8. The van der Waals surface area contributed by atoms with Crippen LogP contribution in [0.25, 0.3) is 0 Å². The molecule has 2 fully saturated rings. The van der Waals surface area contributed by atoms with Crippen LogP contribution in [-0.4, -0.2) is 67.6 Å². The zero-order chi connectivity index (χ0) is 16.1. The fraction of sp³-hybridized carbons (Fsp3) is 0.812. The number of morpholine rings is 2. The number of hydrogen-bond donors (Lipinski definition) is 0. The molecule has 128 valence electrons. The van der Waals surface area contributed by atoms with Crippen LogP contribution in [0.5, 0.6) is 0 Å². The van der Waals surface area contributed by atoms with Gasteiger partial charge in [-0.05, 0) is 5.92 Å². The van der Waals surface area contributed by atoms with Crippen molar-refractivity contribution >= 4 is 11.9 Å². The summed E-state index contributed by atoms with van der Waals surface area (Å²) in [7, 11) is 0. The van der Waals surface area contributed by atoms with Crippen molar-refractivity contribution in [2.45, 2.75) is 26.7 Å². The van der Waals surface area contributed by atoms with E-state index in [4.69, 9.17) is 24.4 Å². The van der Waals surface area contributed by atoms with E-state index in [1.54, 1.807) is 0 Å². The molecule has 0 spiro atoms. The molecule has 1 aromatic rings. The average Bonchev–Trinajstić information content (AvgIpc) is 2.63. The second-order valence-electron chi connectivity index (χ2n) is 6.27. The summed E-state index contributed by atoms with van der Waals surface area (Å²) in [5.41, 5.74) is 0. The normalized spacial score (nSPS) is 20.6. The quantitative estimate of drug-likeness (QED) is 0.805. The number of hydrogen-bond acceptors (Lipinski definition) is 7. The van der Waals surface area contributed by atoms with Crippen LogP contribution in [-0.2, 0) is 15.9 Å². The van der Waals surface area contributed by atoms with Crippen LogP contribution in [0.15, 0.2) is 0 Å². The number of nitrogens with zero attached hydrogens (tertiary/aromatic N) is 5. The second-order valence-corrected chi connectivity index (χ2v) is 6.27. The Hall–Kier alpha value is -1.47. The van der Waals surface area contributed by atoms with E-state index in [2.05, 4.69) is 23.6 Å². The SMILES string of the molecule is CC[C@H](C)Cc1nc(N2CCOCC2)nc(N2CCOCC2)n1. The van der Waals surface area contributed by atoms with E-state index >= 15 is 0 Å². The summed E-state index contributed by atoms with van der Waals surface area (Å²) in [5, 5.41) is 0. The molecule has 1 aromatic heterocycles. The molecule has 7 nitrogen and oxygen atoms in total. The molecule has 0 amide bonds. The van der Waals surface area contributed by atoms with Gasteiger partial charge in [-0.25, -0.2) is 0 Å². The molecule has 0 saturated carbocycles. The van der Waals surface area contributed by atoms with E-state index in [0.717, 1.165) is 83.2 Å². The highest BCUT2D eigenvalue weighted by Gasteiger charge is 2.21. The topological polar surface area (TPSA) is 63.6 Å². The highest BCUT2D eigenvalue weighted by molar-refractivity contribution is 5.40. The van der Waals surface area contributed by atoms with Crippen LogP contribution < -0.4 is 9.80 Å². The Morgan fingerprint density at radius 1 is 0.870 bits per heavy atom. The molecule has 23 heavy (non-hydrogen) atoms. The monoisotopic (exact) mass is 321 g/mol. The second kappa shape index (κ2) is 7.88. The van der Waals surface area contributed by atoms with Crippen molar-refractivity contribution in [3.63, 3.8) is 0 Å². The van der Waals surface area contributed by atoms with Crippen LogP contribution in [0.3, 0.4) is 0 Å². The molecule has 7 heteroatoms. The highest BCUT2D eigenvalue weighted by atomic mass is 16.5. The van der Waals surface area contributed by atoms with E-state index in [9.17, 15) is 0 Å². The first-order valence-electron chi connectivity index (χ1n) is 8.66. The molecular weight excluding hydrogens is 294 g/mol. The predicted octanol–water partition coefficient (Wildman–Crippen LogP) is 1.13. The van der Waals surface area contributed by atoms with Gasteiger partial charge in [0.05, 0.1) is 26.4 Å². The van der Waals surface area contributed by atoms with Crippen LogP contribution in [0.2, 0.25) is 0 Å². The third kappa shape index (κ3) is 4.29. The third-order valence-corrected chi connectivity index (χ3v) is 4.47. The van der Waals surface area contributed by atoms with Gasteiger partial charge in [0, 0.05) is 32.6 Å². The van der Waals surface area contributed by atoms with Gasteiger partial charge in [0.1, 0.15) is 5.82 Å². The summed E-state index contributed by atoms with van der Waals surface area (Å²) in [6, 6.07) is 0. The number of anilines is 2. The molecule has 2 saturated heterocycles. The fourth-order valence-electron chi connectivity index (χ4n) is 2.75. The van der Waals surface area contributed by atoms with Crippen molar-refractivity contribution in [1.29, 1.82) is 0 Å². The van der Waals surface area contributed by atoms with Gasteiger partial charge in [-0.1, -0.05) is 20.3 Å². The average molecular weight is 321 g/mol. The van der Waals surface area contributed by atoms with Gasteiger partial charge in [-0.2, -0.15) is 15.0 Å². The van der Waals surface area contributed by atoms with Gasteiger partial charge >= 0.3 is 0 Å². The highest BCUT2D eigenvalue weighted by Crippen LogP contribution is 2.18. The van der Waals surface area contributed by atoms with E-state index in [1.165, 1.54) is 0 Å². The van der Waals surface area contributed by atoms with Gasteiger partial charge in [0.2, 0.25) is 11.9 Å². The first-order chi connectivity index (χ1) is 11.3. The largest absolute Gasteiger partial charge is 0.378 e. The van der Waals surface area contributed by atoms with E-state index in [1.807, 2.05) is 0 Å². The summed E-state index contributed by atoms with van der Waals surface area (Å²) in [6.07, 6.45) is 2.03. The number of rotatable bonds is 5. The molecule has 2 aliphatic rings. The third-order valence-electron chi connectivity index (χ3n) is 4.47. The van der Waals surface area contributed by atoms with Gasteiger partial charge in [0.15, 0.2) is 0 Å². The lowest BCUT2D eigenvalue weighted by Crippen LogP contribution is -2.40. The molecule has 0 aromatic carbocycles. The predicted molar refractivity (Wildman–Crippen MR) is 89.1 cm³/mol. The Morgan fingerprint density at radius 3 is 1.78 bits per heavy atom. The zero-order valence-corrected chi connectivity index (χ0v) is 14.2. The van der Waals surface area contributed by atoms with E-state index in [-0.39, 0.29) is 0 Å². The Labute approximate surface area is 138 Å². The lowest BCUT2D eigenvalue weighted by atomic mass is 10.1. The van der Waals surface area contributed by atoms with Gasteiger partial charge < -0.3 is 19.3 Å². The standard InChI is InChI=1S/C16H27N5O2/c1-3-13(2)12-14-17-15(20-4-8-22-9-5-20)19-16(18-14)21-6-10-23-11-7-21/h13H,3-12H2,1-2H3/t13-/m0/s1. The van der Waals surface area contributed by atoms with Gasteiger partial charge in [-0.15, -0.1) is 0 Å². The summed E-state index contributed by atoms with van der Waals surface area (Å²) in [4.78, 5) is 18.6. The van der Waals surface area contributed by atoms with Crippen molar-refractivity contribution in [2.24, 2.45) is 5.92 Å². The number of ether oxygens (including phenoxy) is 2. The zero-order valence-electron chi connectivity index (χ0n) is 14.2. The Balaban J connectivity index is 1.85. The minimum absolute atomic E-state index is 0.576. The summed E-state index contributed by atoms with van der Waals surface area (Å²) >= 11 is 0. The Kier molecular flexibility index (Phi) is 5.61. The maximum atomic E-state index is 5.44. The first-order valence-corrected chi connectivity index (χ1v) is 8.66. The smallest absolute Gasteiger partial charge is 0.230 e. The molecule has 3 rings (SSSR count). The maximum absolute atomic E-state index is 5.44.